The van der Waals surface area contributed by atoms with E-state index in [1.165, 1.54) is 43.2 Å². The largest absolute Gasteiger partial charge is 0.321 e. The van der Waals surface area contributed by atoms with Crippen molar-refractivity contribution in [3.05, 3.63) is 35.4 Å². The highest BCUT2D eigenvalue weighted by atomic mass is 14.7. The van der Waals surface area contributed by atoms with Crippen molar-refractivity contribution < 1.29 is 0 Å². The molecule has 0 aromatic heterocycles. The van der Waals surface area contributed by atoms with Crippen molar-refractivity contribution in [2.75, 3.05) is 0 Å². The van der Waals surface area contributed by atoms with Gasteiger partial charge in [-0.25, -0.2) is 0 Å². The van der Waals surface area contributed by atoms with Crippen molar-refractivity contribution in [3.63, 3.8) is 0 Å². The summed E-state index contributed by atoms with van der Waals surface area (Å²) in [5.41, 5.74) is 9.00. The van der Waals surface area contributed by atoms with E-state index in [9.17, 15) is 0 Å². The molecule has 0 unspecified atom stereocenters. The molecule has 0 amide bonds. The molecule has 0 aliphatic carbocycles. The van der Waals surface area contributed by atoms with E-state index in [1.54, 1.807) is 0 Å². The molecule has 1 aromatic rings. The van der Waals surface area contributed by atoms with Crippen LogP contribution in [0.15, 0.2) is 24.3 Å². The summed E-state index contributed by atoms with van der Waals surface area (Å²) in [5, 5.41) is 0. The van der Waals surface area contributed by atoms with Crippen LogP contribution in [0.1, 0.15) is 70.4 Å². The van der Waals surface area contributed by atoms with Crippen LogP contribution in [-0.2, 0) is 12.0 Å². The van der Waals surface area contributed by atoms with Gasteiger partial charge in [0.2, 0.25) is 0 Å². The molecule has 18 heavy (non-hydrogen) atoms. The van der Waals surface area contributed by atoms with Gasteiger partial charge >= 0.3 is 0 Å². The lowest BCUT2D eigenvalue weighted by Gasteiger charge is -2.27. The minimum absolute atomic E-state index is 0.138. The van der Waals surface area contributed by atoms with Gasteiger partial charge in [0.25, 0.3) is 0 Å². The van der Waals surface area contributed by atoms with E-state index < -0.39 is 0 Å². The Labute approximate surface area is 113 Å². The van der Waals surface area contributed by atoms with Gasteiger partial charge in [-0.2, -0.15) is 0 Å². The average Bonchev–Trinajstić information content (AvgIpc) is 2.43. The van der Waals surface area contributed by atoms with Crippen molar-refractivity contribution in [2.24, 2.45) is 5.73 Å². The maximum absolute atomic E-state index is 6.41. The van der Waals surface area contributed by atoms with Crippen LogP contribution in [0, 0.1) is 0 Å². The molecule has 0 saturated carbocycles. The first-order chi connectivity index (χ1) is 8.66. The van der Waals surface area contributed by atoms with Gasteiger partial charge in [0.1, 0.15) is 0 Å². The van der Waals surface area contributed by atoms with Crippen LogP contribution >= 0.6 is 0 Å². The maximum atomic E-state index is 6.41. The van der Waals surface area contributed by atoms with Crippen LogP contribution in [0.5, 0.6) is 0 Å². The molecule has 1 rings (SSSR count). The highest BCUT2D eigenvalue weighted by Gasteiger charge is 2.22. The van der Waals surface area contributed by atoms with Gasteiger partial charge in [-0.1, -0.05) is 64.3 Å². The van der Waals surface area contributed by atoms with Crippen molar-refractivity contribution in [1.29, 1.82) is 0 Å². The minimum Gasteiger partial charge on any atom is -0.321 e. The standard InChI is InChI=1S/C17H29N/c1-4-7-8-9-10-15-11-13-16(14-12-15)17(18,5-2)6-3/h11-14H,4-10,18H2,1-3H3. The number of hydrogen-bond donors (Lipinski definition) is 1. The van der Waals surface area contributed by atoms with E-state index >= 15 is 0 Å². The van der Waals surface area contributed by atoms with E-state index in [4.69, 9.17) is 5.73 Å². The number of nitrogens with two attached hydrogens (primary N) is 1. The number of rotatable bonds is 8. The fourth-order valence-electron chi connectivity index (χ4n) is 2.42. The minimum atomic E-state index is -0.138. The predicted molar refractivity (Wildman–Crippen MR) is 80.7 cm³/mol. The topological polar surface area (TPSA) is 26.0 Å². The Bertz CT molecular complexity index is 322. The summed E-state index contributed by atoms with van der Waals surface area (Å²) in [5.74, 6) is 0. The predicted octanol–water partition coefficient (Wildman–Crippen LogP) is 4.78. The lowest BCUT2D eigenvalue weighted by Crippen LogP contribution is -2.34. The third-order valence-electron chi connectivity index (χ3n) is 4.11. The zero-order chi connectivity index (χ0) is 13.4. The van der Waals surface area contributed by atoms with E-state index in [0.717, 1.165) is 12.8 Å². The smallest absolute Gasteiger partial charge is 0.0404 e. The van der Waals surface area contributed by atoms with Crippen LogP contribution in [0.3, 0.4) is 0 Å². The molecule has 0 aliphatic heterocycles. The Morgan fingerprint density at radius 3 is 2.00 bits per heavy atom. The molecule has 1 nitrogen and oxygen atoms in total. The van der Waals surface area contributed by atoms with Gasteiger partial charge in [0.15, 0.2) is 0 Å². The van der Waals surface area contributed by atoms with E-state index in [2.05, 4.69) is 45.0 Å². The molecular weight excluding hydrogens is 218 g/mol. The molecule has 0 aliphatic rings. The van der Waals surface area contributed by atoms with Gasteiger partial charge in [0.05, 0.1) is 0 Å². The second-order valence-corrected chi connectivity index (χ2v) is 5.37. The summed E-state index contributed by atoms with van der Waals surface area (Å²) >= 11 is 0. The molecule has 0 heterocycles. The average molecular weight is 247 g/mol. The van der Waals surface area contributed by atoms with Crippen molar-refractivity contribution in [2.45, 2.75) is 71.3 Å². The normalized spacial score (nSPS) is 11.8. The second kappa shape index (κ2) is 7.58. The van der Waals surface area contributed by atoms with Gasteiger partial charge in [-0.15, -0.1) is 0 Å². The molecule has 1 aromatic carbocycles. The number of unbranched alkanes of at least 4 members (excludes halogenated alkanes) is 3. The fourth-order valence-corrected chi connectivity index (χ4v) is 2.42. The van der Waals surface area contributed by atoms with Crippen molar-refractivity contribution in [3.8, 4) is 0 Å². The molecule has 0 fully saturated rings. The Hall–Kier alpha value is -0.820. The van der Waals surface area contributed by atoms with Crippen LogP contribution in [0.4, 0.5) is 0 Å². The highest BCUT2D eigenvalue weighted by molar-refractivity contribution is 5.28. The van der Waals surface area contributed by atoms with E-state index in [-0.39, 0.29) is 5.54 Å². The number of benzene rings is 1. The Morgan fingerprint density at radius 1 is 0.889 bits per heavy atom. The van der Waals surface area contributed by atoms with Gasteiger partial charge in [-0.05, 0) is 36.8 Å². The quantitative estimate of drug-likeness (QED) is 0.657. The first kappa shape index (κ1) is 15.2. The van der Waals surface area contributed by atoms with Crippen LogP contribution in [0.2, 0.25) is 0 Å². The monoisotopic (exact) mass is 247 g/mol. The SMILES string of the molecule is CCCCCCc1ccc(C(N)(CC)CC)cc1. The molecule has 0 spiro atoms. The van der Waals surface area contributed by atoms with Crippen molar-refractivity contribution >= 4 is 0 Å². The first-order valence-corrected chi connectivity index (χ1v) is 7.54. The van der Waals surface area contributed by atoms with Crippen molar-refractivity contribution in [1.82, 2.24) is 0 Å². The van der Waals surface area contributed by atoms with Gasteiger partial charge < -0.3 is 5.73 Å². The lowest BCUT2D eigenvalue weighted by molar-refractivity contribution is 0.412. The molecular formula is C17H29N. The first-order valence-electron chi connectivity index (χ1n) is 7.54. The molecule has 102 valence electrons. The maximum Gasteiger partial charge on any atom is 0.0404 e. The summed E-state index contributed by atoms with van der Waals surface area (Å²) < 4.78 is 0. The summed E-state index contributed by atoms with van der Waals surface area (Å²) in [6.45, 7) is 6.59. The number of aryl methyl sites for hydroxylation is 1. The highest BCUT2D eigenvalue weighted by Crippen LogP contribution is 2.26. The van der Waals surface area contributed by atoms with Crippen LogP contribution in [0.25, 0.3) is 0 Å². The fraction of sp³-hybridized carbons (Fsp3) is 0.647. The Balaban J connectivity index is 2.57. The third kappa shape index (κ3) is 4.13. The van der Waals surface area contributed by atoms with Gasteiger partial charge in [0, 0.05) is 5.54 Å². The molecule has 0 radical (unpaired) electrons. The lowest BCUT2D eigenvalue weighted by atomic mass is 9.85. The summed E-state index contributed by atoms with van der Waals surface area (Å²) in [6.07, 6.45) is 8.53. The van der Waals surface area contributed by atoms with E-state index in [1.807, 2.05) is 0 Å². The Kier molecular flexibility index (Phi) is 6.42. The second-order valence-electron chi connectivity index (χ2n) is 5.37. The summed E-state index contributed by atoms with van der Waals surface area (Å²) in [4.78, 5) is 0. The molecule has 1 heteroatoms. The van der Waals surface area contributed by atoms with Crippen LogP contribution in [-0.4, -0.2) is 0 Å². The zero-order valence-corrected chi connectivity index (χ0v) is 12.3. The molecule has 0 saturated heterocycles. The molecule has 0 atom stereocenters. The summed E-state index contributed by atoms with van der Waals surface area (Å²) in [6, 6.07) is 8.97. The Morgan fingerprint density at radius 2 is 1.50 bits per heavy atom. The summed E-state index contributed by atoms with van der Waals surface area (Å²) in [7, 11) is 0. The molecule has 0 bridgehead atoms. The number of hydrogen-bond acceptors (Lipinski definition) is 1. The molecule has 2 N–H and O–H groups in total. The van der Waals surface area contributed by atoms with E-state index in [0.29, 0.717) is 0 Å². The zero-order valence-electron chi connectivity index (χ0n) is 12.3. The van der Waals surface area contributed by atoms with Crippen LogP contribution < -0.4 is 5.73 Å². The third-order valence-corrected chi connectivity index (χ3v) is 4.11. The van der Waals surface area contributed by atoms with Gasteiger partial charge in [-0.3, -0.25) is 0 Å².